The van der Waals surface area contributed by atoms with Crippen LogP contribution >= 0.6 is 0 Å². The normalized spacial score (nSPS) is 12.7. The SMILES string of the molecule is CCC(C)c1ccc(-c2cn3ccccc3n2)cc1. The van der Waals surface area contributed by atoms with Gasteiger partial charge in [0.1, 0.15) is 5.65 Å². The Hall–Kier alpha value is -2.09. The van der Waals surface area contributed by atoms with Crippen molar-refractivity contribution in [1.82, 2.24) is 9.38 Å². The number of pyridine rings is 1. The van der Waals surface area contributed by atoms with Crippen LogP contribution in [0.4, 0.5) is 0 Å². The second kappa shape index (κ2) is 4.88. The van der Waals surface area contributed by atoms with E-state index < -0.39 is 0 Å². The Bertz CT molecular complexity index is 647. The van der Waals surface area contributed by atoms with E-state index in [0.29, 0.717) is 5.92 Å². The molecule has 1 unspecified atom stereocenters. The summed E-state index contributed by atoms with van der Waals surface area (Å²) in [5, 5.41) is 0. The van der Waals surface area contributed by atoms with Crippen molar-refractivity contribution in [2.24, 2.45) is 0 Å². The average molecular weight is 250 g/mol. The van der Waals surface area contributed by atoms with Gasteiger partial charge in [-0.05, 0) is 30.0 Å². The molecule has 2 heteroatoms. The average Bonchev–Trinajstić information content (AvgIpc) is 2.90. The molecule has 0 spiro atoms. The van der Waals surface area contributed by atoms with Crippen LogP contribution in [0.25, 0.3) is 16.9 Å². The number of nitrogens with zero attached hydrogens (tertiary/aromatic N) is 2. The van der Waals surface area contributed by atoms with E-state index in [2.05, 4.69) is 53.7 Å². The van der Waals surface area contributed by atoms with Crippen molar-refractivity contribution >= 4 is 5.65 Å². The lowest BCUT2D eigenvalue weighted by molar-refractivity contribution is 0.734. The fourth-order valence-electron chi connectivity index (χ4n) is 2.29. The topological polar surface area (TPSA) is 17.3 Å². The smallest absolute Gasteiger partial charge is 0.137 e. The molecule has 3 rings (SSSR count). The first-order valence-electron chi connectivity index (χ1n) is 6.82. The van der Waals surface area contributed by atoms with E-state index in [1.54, 1.807) is 0 Å². The second-order valence-electron chi connectivity index (χ2n) is 5.02. The summed E-state index contributed by atoms with van der Waals surface area (Å²) in [7, 11) is 0. The van der Waals surface area contributed by atoms with Gasteiger partial charge in [0, 0.05) is 18.0 Å². The number of fused-ring (bicyclic) bond motifs is 1. The first kappa shape index (κ1) is 12.0. The van der Waals surface area contributed by atoms with Gasteiger partial charge < -0.3 is 4.40 Å². The molecule has 0 aliphatic carbocycles. The fraction of sp³-hybridized carbons (Fsp3) is 0.235. The number of aromatic nitrogens is 2. The van der Waals surface area contributed by atoms with Crippen LogP contribution in [0.1, 0.15) is 31.7 Å². The number of benzene rings is 1. The molecule has 0 saturated carbocycles. The summed E-state index contributed by atoms with van der Waals surface area (Å²) in [5.41, 5.74) is 4.59. The third kappa shape index (κ3) is 2.26. The maximum Gasteiger partial charge on any atom is 0.137 e. The zero-order valence-corrected chi connectivity index (χ0v) is 11.4. The molecular weight excluding hydrogens is 232 g/mol. The van der Waals surface area contributed by atoms with Gasteiger partial charge in [0.2, 0.25) is 0 Å². The van der Waals surface area contributed by atoms with Gasteiger partial charge in [0.15, 0.2) is 0 Å². The summed E-state index contributed by atoms with van der Waals surface area (Å²) >= 11 is 0. The fourth-order valence-corrected chi connectivity index (χ4v) is 2.29. The predicted molar refractivity (Wildman–Crippen MR) is 79.3 cm³/mol. The molecule has 2 aromatic heterocycles. The molecule has 0 bridgehead atoms. The summed E-state index contributed by atoms with van der Waals surface area (Å²) < 4.78 is 2.05. The number of rotatable bonds is 3. The molecule has 96 valence electrons. The highest BCUT2D eigenvalue weighted by molar-refractivity contribution is 5.62. The summed E-state index contributed by atoms with van der Waals surface area (Å²) in [5.74, 6) is 0.620. The molecule has 2 heterocycles. The quantitative estimate of drug-likeness (QED) is 0.668. The highest BCUT2D eigenvalue weighted by Gasteiger charge is 2.06. The van der Waals surface area contributed by atoms with Gasteiger partial charge in [-0.1, -0.05) is 44.2 Å². The predicted octanol–water partition coefficient (Wildman–Crippen LogP) is 4.51. The third-order valence-electron chi connectivity index (χ3n) is 3.75. The number of imidazole rings is 1. The van der Waals surface area contributed by atoms with Gasteiger partial charge in [-0.15, -0.1) is 0 Å². The minimum atomic E-state index is 0.620. The lowest BCUT2D eigenvalue weighted by Crippen LogP contribution is -1.90. The second-order valence-corrected chi connectivity index (χ2v) is 5.02. The lowest BCUT2D eigenvalue weighted by atomic mass is 9.97. The Morgan fingerprint density at radius 1 is 1.11 bits per heavy atom. The van der Waals surface area contributed by atoms with E-state index >= 15 is 0 Å². The first-order chi connectivity index (χ1) is 9.28. The molecule has 0 fully saturated rings. The van der Waals surface area contributed by atoms with Gasteiger partial charge in [-0.3, -0.25) is 0 Å². The Kier molecular flexibility index (Phi) is 3.08. The van der Waals surface area contributed by atoms with Crippen molar-refractivity contribution in [2.45, 2.75) is 26.2 Å². The van der Waals surface area contributed by atoms with Crippen molar-refractivity contribution in [3.8, 4) is 11.3 Å². The Balaban J connectivity index is 1.97. The van der Waals surface area contributed by atoms with E-state index in [0.717, 1.165) is 11.3 Å². The Labute approximate surface area is 113 Å². The van der Waals surface area contributed by atoms with Crippen LogP contribution in [0, 0.1) is 0 Å². The van der Waals surface area contributed by atoms with Crippen LogP contribution in [0.15, 0.2) is 54.9 Å². The van der Waals surface area contributed by atoms with Crippen LogP contribution < -0.4 is 0 Å². The molecular formula is C17H18N2. The van der Waals surface area contributed by atoms with Crippen molar-refractivity contribution in [3.05, 3.63) is 60.4 Å². The van der Waals surface area contributed by atoms with Gasteiger partial charge >= 0.3 is 0 Å². The highest BCUT2D eigenvalue weighted by Crippen LogP contribution is 2.23. The lowest BCUT2D eigenvalue weighted by Gasteiger charge is -2.08. The summed E-state index contributed by atoms with van der Waals surface area (Å²) in [6, 6.07) is 14.8. The van der Waals surface area contributed by atoms with Gasteiger partial charge in [0.25, 0.3) is 0 Å². The molecule has 2 nitrogen and oxygen atoms in total. The summed E-state index contributed by atoms with van der Waals surface area (Å²) in [6.45, 7) is 4.49. The molecule has 1 aromatic carbocycles. The zero-order valence-electron chi connectivity index (χ0n) is 11.4. The maximum absolute atomic E-state index is 4.64. The third-order valence-corrected chi connectivity index (χ3v) is 3.75. The molecule has 0 N–H and O–H groups in total. The molecule has 0 saturated heterocycles. The minimum Gasteiger partial charge on any atom is -0.306 e. The van der Waals surface area contributed by atoms with E-state index in [-0.39, 0.29) is 0 Å². The summed E-state index contributed by atoms with van der Waals surface area (Å²) in [6.07, 6.45) is 5.28. The van der Waals surface area contributed by atoms with E-state index in [1.165, 1.54) is 17.5 Å². The largest absolute Gasteiger partial charge is 0.306 e. The van der Waals surface area contributed by atoms with Gasteiger partial charge in [-0.2, -0.15) is 0 Å². The molecule has 19 heavy (non-hydrogen) atoms. The maximum atomic E-state index is 4.64. The van der Waals surface area contributed by atoms with Crippen molar-refractivity contribution in [2.75, 3.05) is 0 Å². The number of hydrogen-bond acceptors (Lipinski definition) is 1. The van der Waals surface area contributed by atoms with Gasteiger partial charge in [-0.25, -0.2) is 4.98 Å². The van der Waals surface area contributed by atoms with Crippen molar-refractivity contribution in [1.29, 1.82) is 0 Å². The molecule has 0 aliphatic heterocycles. The van der Waals surface area contributed by atoms with Crippen molar-refractivity contribution in [3.63, 3.8) is 0 Å². The van der Waals surface area contributed by atoms with Crippen molar-refractivity contribution < 1.29 is 0 Å². The van der Waals surface area contributed by atoms with Crippen LogP contribution in [0.3, 0.4) is 0 Å². The minimum absolute atomic E-state index is 0.620. The Morgan fingerprint density at radius 2 is 1.89 bits per heavy atom. The highest BCUT2D eigenvalue weighted by atomic mass is 15.0. The number of hydrogen-bond donors (Lipinski definition) is 0. The summed E-state index contributed by atoms with van der Waals surface area (Å²) in [4.78, 5) is 4.64. The van der Waals surface area contributed by atoms with Gasteiger partial charge in [0.05, 0.1) is 5.69 Å². The Morgan fingerprint density at radius 3 is 2.58 bits per heavy atom. The molecule has 0 amide bonds. The molecule has 3 aromatic rings. The van der Waals surface area contributed by atoms with Crippen LogP contribution in [0.5, 0.6) is 0 Å². The van der Waals surface area contributed by atoms with Crippen LogP contribution in [-0.2, 0) is 0 Å². The molecule has 0 aliphatic rings. The first-order valence-corrected chi connectivity index (χ1v) is 6.82. The standard InChI is InChI=1S/C17H18N2/c1-3-13(2)14-7-9-15(10-8-14)16-12-19-11-5-4-6-17(19)18-16/h4-13H,3H2,1-2H3. The molecule has 0 radical (unpaired) electrons. The van der Waals surface area contributed by atoms with E-state index in [9.17, 15) is 0 Å². The monoisotopic (exact) mass is 250 g/mol. The van der Waals surface area contributed by atoms with Crippen LogP contribution in [-0.4, -0.2) is 9.38 Å². The zero-order chi connectivity index (χ0) is 13.2. The molecule has 1 atom stereocenters. The van der Waals surface area contributed by atoms with E-state index in [4.69, 9.17) is 0 Å². The van der Waals surface area contributed by atoms with Crippen LogP contribution in [0.2, 0.25) is 0 Å². The van der Waals surface area contributed by atoms with E-state index in [1.807, 2.05) is 24.4 Å².